The van der Waals surface area contributed by atoms with Crippen LogP contribution < -0.4 is 5.32 Å². The van der Waals surface area contributed by atoms with E-state index in [4.69, 9.17) is 4.42 Å². The summed E-state index contributed by atoms with van der Waals surface area (Å²) in [5.41, 5.74) is 1.44. The second kappa shape index (κ2) is 7.43. The van der Waals surface area contributed by atoms with E-state index in [1.165, 1.54) is 24.9 Å². The summed E-state index contributed by atoms with van der Waals surface area (Å²) in [6.07, 6.45) is 5.36. The number of benzene rings is 1. The minimum Gasteiger partial charge on any atom is -0.468 e. The molecule has 0 radical (unpaired) electrons. The zero-order valence-electron chi connectivity index (χ0n) is 12.5. The first-order chi connectivity index (χ1) is 10.4. The number of nitrogens with one attached hydrogen (secondary N) is 1. The highest BCUT2D eigenvalue weighted by molar-refractivity contribution is 5.14. The number of nitrogens with zero attached hydrogens (tertiary/aromatic N) is 1. The van der Waals surface area contributed by atoms with Crippen molar-refractivity contribution >= 4 is 0 Å². The van der Waals surface area contributed by atoms with Gasteiger partial charge in [0.1, 0.15) is 5.76 Å². The summed E-state index contributed by atoms with van der Waals surface area (Å²) in [5.74, 6) is 1.06. The molecule has 1 N–H and O–H groups in total. The SMILES string of the molecule is c1ccc(CCCN2CCCNC(c3ccco3)C2)cc1. The molecule has 112 valence electrons. The normalized spacial score (nSPS) is 20.3. The molecular weight excluding hydrogens is 260 g/mol. The van der Waals surface area contributed by atoms with Crippen LogP contribution in [0.4, 0.5) is 0 Å². The third-order valence-electron chi connectivity index (χ3n) is 4.15. The molecule has 1 aliphatic heterocycles. The second-order valence-electron chi connectivity index (χ2n) is 5.77. The first kappa shape index (κ1) is 14.4. The van der Waals surface area contributed by atoms with Gasteiger partial charge in [0.15, 0.2) is 0 Å². The third-order valence-corrected chi connectivity index (χ3v) is 4.15. The van der Waals surface area contributed by atoms with Crippen LogP contribution in [0.2, 0.25) is 0 Å². The average Bonchev–Trinajstić information content (AvgIpc) is 2.95. The van der Waals surface area contributed by atoms with Crippen molar-refractivity contribution in [3.63, 3.8) is 0 Å². The highest BCUT2D eigenvalue weighted by atomic mass is 16.3. The second-order valence-corrected chi connectivity index (χ2v) is 5.77. The van der Waals surface area contributed by atoms with E-state index in [0.29, 0.717) is 6.04 Å². The fraction of sp³-hybridized carbons (Fsp3) is 0.444. The van der Waals surface area contributed by atoms with Crippen LogP contribution >= 0.6 is 0 Å². The van der Waals surface area contributed by atoms with Crippen molar-refractivity contribution in [1.29, 1.82) is 0 Å². The number of hydrogen-bond acceptors (Lipinski definition) is 3. The molecule has 3 rings (SSSR count). The van der Waals surface area contributed by atoms with E-state index < -0.39 is 0 Å². The molecule has 1 saturated heterocycles. The molecule has 0 aliphatic carbocycles. The van der Waals surface area contributed by atoms with Crippen LogP contribution in [0.25, 0.3) is 0 Å². The molecule has 3 heteroatoms. The van der Waals surface area contributed by atoms with E-state index in [0.717, 1.165) is 31.8 Å². The van der Waals surface area contributed by atoms with Crippen molar-refractivity contribution in [2.45, 2.75) is 25.3 Å². The Balaban J connectivity index is 1.50. The van der Waals surface area contributed by atoms with Gasteiger partial charge in [-0.15, -0.1) is 0 Å². The Morgan fingerprint density at radius 2 is 2.05 bits per heavy atom. The Morgan fingerprint density at radius 1 is 1.14 bits per heavy atom. The molecule has 1 unspecified atom stereocenters. The van der Waals surface area contributed by atoms with E-state index >= 15 is 0 Å². The zero-order chi connectivity index (χ0) is 14.3. The summed E-state index contributed by atoms with van der Waals surface area (Å²) in [4.78, 5) is 2.57. The van der Waals surface area contributed by atoms with Gasteiger partial charge >= 0.3 is 0 Å². The van der Waals surface area contributed by atoms with E-state index in [1.54, 1.807) is 6.26 Å². The monoisotopic (exact) mass is 284 g/mol. The Labute approximate surface area is 127 Å². The molecule has 0 saturated carbocycles. The lowest BCUT2D eigenvalue weighted by Gasteiger charge is -2.23. The van der Waals surface area contributed by atoms with Crippen LogP contribution in [0.15, 0.2) is 53.1 Å². The minimum atomic E-state index is 0.333. The molecule has 0 bridgehead atoms. The van der Waals surface area contributed by atoms with E-state index in [-0.39, 0.29) is 0 Å². The predicted octanol–water partition coefficient (Wildman–Crippen LogP) is 3.25. The smallest absolute Gasteiger partial charge is 0.121 e. The van der Waals surface area contributed by atoms with Gasteiger partial charge in [-0.25, -0.2) is 0 Å². The van der Waals surface area contributed by atoms with Crippen molar-refractivity contribution < 1.29 is 4.42 Å². The summed E-state index contributed by atoms with van der Waals surface area (Å²) in [6.45, 7) is 4.45. The van der Waals surface area contributed by atoms with Gasteiger partial charge in [-0.05, 0) is 56.6 Å². The molecule has 3 nitrogen and oxygen atoms in total. The van der Waals surface area contributed by atoms with Gasteiger partial charge in [-0.1, -0.05) is 30.3 Å². The minimum absolute atomic E-state index is 0.333. The van der Waals surface area contributed by atoms with Gasteiger partial charge in [-0.2, -0.15) is 0 Å². The first-order valence-electron chi connectivity index (χ1n) is 7.95. The molecule has 2 heterocycles. The number of furan rings is 1. The van der Waals surface area contributed by atoms with Crippen LogP contribution in [0.3, 0.4) is 0 Å². The maximum Gasteiger partial charge on any atom is 0.121 e. The van der Waals surface area contributed by atoms with Crippen molar-refractivity contribution in [1.82, 2.24) is 10.2 Å². The van der Waals surface area contributed by atoms with E-state index in [2.05, 4.69) is 46.6 Å². The number of hydrogen-bond donors (Lipinski definition) is 1. The molecule has 1 atom stereocenters. The molecule has 1 aromatic heterocycles. The van der Waals surface area contributed by atoms with Gasteiger partial charge in [-0.3, -0.25) is 0 Å². The van der Waals surface area contributed by atoms with Gasteiger partial charge < -0.3 is 14.6 Å². The molecule has 1 aliphatic rings. The highest BCUT2D eigenvalue weighted by Crippen LogP contribution is 2.18. The summed E-state index contributed by atoms with van der Waals surface area (Å²) in [6, 6.07) is 15.1. The van der Waals surface area contributed by atoms with Crippen LogP contribution in [0, 0.1) is 0 Å². The molecule has 0 amide bonds. The predicted molar refractivity (Wildman–Crippen MR) is 85.3 cm³/mol. The van der Waals surface area contributed by atoms with Crippen molar-refractivity contribution in [3.8, 4) is 0 Å². The zero-order valence-corrected chi connectivity index (χ0v) is 12.5. The molecule has 0 spiro atoms. The standard InChI is InChI=1S/C18H24N2O/c1-2-7-16(8-3-1)9-4-12-20-13-6-11-19-17(15-20)18-10-5-14-21-18/h1-3,5,7-8,10,14,17,19H,4,6,9,11-13,15H2. The highest BCUT2D eigenvalue weighted by Gasteiger charge is 2.20. The Hall–Kier alpha value is -1.58. The lowest BCUT2D eigenvalue weighted by atomic mass is 10.1. The topological polar surface area (TPSA) is 28.4 Å². The van der Waals surface area contributed by atoms with Crippen LogP contribution in [-0.2, 0) is 6.42 Å². The lowest BCUT2D eigenvalue weighted by molar-refractivity contribution is 0.254. The summed E-state index contributed by atoms with van der Waals surface area (Å²) in [5, 5.41) is 3.59. The Morgan fingerprint density at radius 3 is 2.86 bits per heavy atom. The maximum absolute atomic E-state index is 5.56. The van der Waals surface area contributed by atoms with Gasteiger partial charge in [0.25, 0.3) is 0 Å². The third kappa shape index (κ3) is 4.19. The van der Waals surface area contributed by atoms with E-state index in [9.17, 15) is 0 Å². The van der Waals surface area contributed by atoms with Crippen LogP contribution in [-0.4, -0.2) is 31.1 Å². The maximum atomic E-state index is 5.56. The average molecular weight is 284 g/mol. The lowest BCUT2D eigenvalue weighted by Crippen LogP contribution is -2.32. The summed E-state index contributed by atoms with van der Waals surface area (Å²) >= 11 is 0. The number of aryl methyl sites for hydroxylation is 1. The van der Waals surface area contributed by atoms with Gasteiger partial charge in [0, 0.05) is 6.54 Å². The van der Waals surface area contributed by atoms with Crippen molar-refractivity contribution in [3.05, 3.63) is 60.1 Å². The molecular formula is C18H24N2O. The first-order valence-corrected chi connectivity index (χ1v) is 7.95. The molecule has 2 aromatic rings. The Kier molecular flexibility index (Phi) is 5.08. The fourth-order valence-corrected chi connectivity index (χ4v) is 3.03. The van der Waals surface area contributed by atoms with Gasteiger partial charge in [0.2, 0.25) is 0 Å². The molecule has 1 aromatic carbocycles. The largest absolute Gasteiger partial charge is 0.468 e. The summed E-state index contributed by atoms with van der Waals surface area (Å²) in [7, 11) is 0. The Bertz CT molecular complexity index is 509. The van der Waals surface area contributed by atoms with Crippen LogP contribution in [0.5, 0.6) is 0 Å². The summed E-state index contributed by atoms with van der Waals surface area (Å²) < 4.78 is 5.56. The fourth-order valence-electron chi connectivity index (χ4n) is 3.03. The quantitative estimate of drug-likeness (QED) is 0.913. The molecule has 21 heavy (non-hydrogen) atoms. The number of rotatable bonds is 5. The van der Waals surface area contributed by atoms with E-state index in [1.807, 2.05) is 6.07 Å². The van der Waals surface area contributed by atoms with Crippen LogP contribution in [0.1, 0.15) is 30.2 Å². The van der Waals surface area contributed by atoms with Crippen molar-refractivity contribution in [2.24, 2.45) is 0 Å². The van der Waals surface area contributed by atoms with Gasteiger partial charge in [0.05, 0.1) is 12.3 Å². The van der Waals surface area contributed by atoms with Crippen molar-refractivity contribution in [2.75, 3.05) is 26.2 Å². The molecule has 1 fully saturated rings.